The van der Waals surface area contributed by atoms with Gasteiger partial charge >= 0.3 is 6.18 Å². The van der Waals surface area contributed by atoms with E-state index in [0.29, 0.717) is 23.0 Å². The number of ether oxygens (including phenoxy) is 1. The normalized spacial score (nSPS) is 11.9. The number of hydrogen-bond acceptors (Lipinski definition) is 5. The van der Waals surface area contributed by atoms with Crippen molar-refractivity contribution >= 4 is 60.8 Å². The zero-order valence-corrected chi connectivity index (χ0v) is 23.5. The van der Waals surface area contributed by atoms with Crippen LogP contribution >= 0.6 is 11.6 Å². The van der Waals surface area contributed by atoms with Crippen LogP contribution in [0.15, 0.2) is 101 Å². The average Bonchev–Trinajstić information content (AvgIpc) is 3.32. The number of halogens is 4. The molecule has 5 rings (SSSR count). The van der Waals surface area contributed by atoms with Gasteiger partial charge in [-0.3, -0.25) is 9.10 Å². The highest BCUT2D eigenvalue weighted by molar-refractivity contribution is 7.93. The lowest BCUT2D eigenvalue weighted by Gasteiger charge is -2.24. The highest BCUT2D eigenvalue weighted by Crippen LogP contribution is 2.37. The smallest absolute Gasteiger partial charge is 0.416 e. The zero-order valence-electron chi connectivity index (χ0n) is 21.9. The molecule has 0 aliphatic carbocycles. The Bertz CT molecular complexity index is 1950. The van der Waals surface area contributed by atoms with Crippen molar-refractivity contribution in [3.05, 3.63) is 108 Å². The number of anilines is 2. The molecule has 0 unspecified atom stereocenters. The van der Waals surface area contributed by atoms with E-state index in [4.69, 9.17) is 20.8 Å². The highest BCUT2D eigenvalue weighted by atomic mass is 35.5. The summed E-state index contributed by atoms with van der Waals surface area (Å²) in [5.41, 5.74) is 0.0552. The van der Waals surface area contributed by atoms with Crippen molar-refractivity contribution in [2.45, 2.75) is 11.1 Å². The minimum Gasteiger partial charge on any atom is -0.495 e. The van der Waals surface area contributed by atoms with E-state index in [2.05, 4.69) is 11.9 Å². The third kappa shape index (κ3) is 5.40. The maximum Gasteiger partial charge on any atom is 0.416 e. The van der Waals surface area contributed by atoms with Gasteiger partial charge in [0, 0.05) is 22.4 Å². The monoisotopic (exact) mass is 614 g/mol. The largest absolute Gasteiger partial charge is 0.495 e. The molecular formula is C30H22ClF3N2O5S. The van der Waals surface area contributed by atoms with Crippen LogP contribution in [0, 0.1) is 0 Å². The van der Waals surface area contributed by atoms with E-state index in [0.717, 1.165) is 33.3 Å². The van der Waals surface area contributed by atoms with E-state index in [1.165, 1.54) is 31.4 Å². The van der Waals surface area contributed by atoms with E-state index in [-0.39, 0.29) is 28.5 Å². The van der Waals surface area contributed by atoms with Crippen LogP contribution < -0.4 is 14.4 Å². The minimum atomic E-state index is -4.69. The van der Waals surface area contributed by atoms with Crippen molar-refractivity contribution in [2.24, 2.45) is 0 Å². The third-order valence-electron chi connectivity index (χ3n) is 6.46. The summed E-state index contributed by atoms with van der Waals surface area (Å²) in [6, 6.07) is 18.2. The van der Waals surface area contributed by atoms with Gasteiger partial charge in [-0.25, -0.2) is 8.42 Å². The van der Waals surface area contributed by atoms with Crippen LogP contribution in [0.2, 0.25) is 5.02 Å². The first-order valence-corrected chi connectivity index (χ1v) is 14.2. The number of fused-ring (bicyclic) bond motifs is 3. The topological polar surface area (TPSA) is 88.9 Å². The molecule has 42 heavy (non-hydrogen) atoms. The summed E-state index contributed by atoms with van der Waals surface area (Å²) >= 11 is 6.26. The van der Waals surface area contributed by atoms with Gasteiger partial charge in [0.15, 0.2) is 0 Å². The van der Waals surface area contributed by atoms with Gasteiger partial charge in [-0.1, -0.05) is 41.9 Å². The van der Waals surface area contributed by atoms with Gasteiger partial charge in [0.05, 0.1) is 35.6 Å². The Labute approximate surface area is 243 Å². The van der Waals surface area contributed by atoms with E-state index in [9.17, 15) is 26.4 Å². The molecule has 0 bridgehead atoms. The number of para-hydroxylation sites is 1. The van der Waals surface area contributed by atoms with Gasteiger partial charge in [0.25, 0.3) is 15.9 Å². The fraction of sp³-hybridized carbons (Fsp3) is 0.100. The number of nitrogens with one attached hydrogen (secondary N) is 1. The lowest BCUT2D eigenvalue weighted by atomic mass is 10.1. The number of sulfonamides is 1. The molecule has 0 atom stereocenters. The molecule has 4 aromatic carbocycles. The zero-order chi connectivity index (χ0) is 30.2. The molecular weight excluding hydrogens is 593 g/mol. The molecule has 1 aromatic heterocycles. The molecule has 0 fully saturated rings. The average molecular weight is 615 g/mol. The van der Waals surface area contributed by atoms with Gasteiger partial charge in [-0.2, -0.15) is 13.2 Å². The van der Waals surface area contributed by atoms with E-state index in [1.54, 1.807) is 12.1 Å². The number of amides is 1. The molecule has 0 saturated heterocycles. The Balaban J connectivity index is 1.51. The lowest BCUT2D eigenvalue weighted by molar-refractivity contribution is -0.137. The predicted molar refractivity (Wildman–Crippen MR) is 156 cm³/mol. The molecule has 216 valence electrons. The molecule has 0 saturated carbocycles. The van der Waals surface area contributed by atoms with E-state index < -0.39 is 32.6 Å². The van der Waals surface area contributed by atoms with Crippen LogP contribution in [0.5, 0.6) is 5.75 Å². The number of rotatable bonds is 8. The Kier molecular flexibility index (Phi) is 7.65. The number of hydrogen-bond donors (Lipinski definition) is 1. The second kappa shape index (κ2) is 11.1. The van der Waals surface area contributed by atoms with Crippen molar-refractivity contribution in [1.82, 2.24) is 0 Å². The first-order chi connectivity index (χ1) is 19.9. The maximum atomic E-state index is 13.7. The van der Waals surface area contributed by atoms with Crippen molar-refractivity contribution in [3.8, 4) is 5.75 Å². The van der Waals surface area contributed by atoms with Crippen LogP contribution in [0.1, 0.15) is 15.9 Å². The van der Waals surface area contributed by atoms with Crippen LogP contribution in [0.4, 0.5) is 24.5 Å². The number of benzene rings is 4. The van der Waals surface area contributed by atoms with Gasteiger partial charge in [-0.15, -0.1) is 6.58 Å². The van der Waals surface area contributed by atoms with Gasteiger partial charge in [0.1, 0.15) is 21.8 Å². The van der Waals surface area contributed by atoms with Crippen molar-refractivity contribution in [2.75, 3.05) is 23.3 Å². The molecule has 1 N–H and O–H groups in total. The predicted octanol–water partition coefficient (Wildman–Crippen LogP) is 7.90. The molecule has 0 aliphatic rings. The number of carbonyl (C=O) groups excluding carboxylic acids is 1. The summed E-state index contributed by atoms with van der Waals surface area (Å²) in [6.45, 7) is 3.17. The van der Waals surface area contributed by atoms with Gasteiger partial charge in [-0.05, 0) is 48.5 Å². The summed E-state index contributed by atoms with van der Waals surface area (Å²) in [5, 5.41) is 4.12. The second-order valence-corrected chi connectivity index (χ2v) is 11.4. The van der Waals surface area contributed by atoms with E-state index in [1.807, 2.05) is 24.3 Å². The lowest BCUT2D eigenvalue weighted by Crippen LogP contribution is -2.32. The Hall–Kier alpha value is -4.48. The minimum absolute atomic E-state index is 0.0765. The van der Waals surface area contributed by atoms with Crippen molar-refractivity contribution in [3.63, 3.8) is 0 Å². The van der Waals surface area contributed by atoms with Crippen molar-refractivity contribution < 1.29 is 35.5 Å². The summed E-state index contributed by atoms with van der Waals surface area (Å²) in [7, 11) is -3.11. The fourth-order valence-electron chi connectivity index (χ4n) is 4.47. The second-order valence-electron chi connectivity index (χ2n) is 9.12. The SMILES string of the molecule is C=CCN(c1cccc(C(F)(F)F)c1)S(=O)(=O)c1cc(C(=O)Nc2cc3oc4ccccc4c3cc2OC)ccc1Cl. The molecule has 1 heterocycles. The molecule has 0 radical (unpaired) electrons. The molecule has 1 amide bonds. The fourth-order valence-corrected chi connectivity index (χ4v) is 6.40. The molecule has 0 spiro atoms. The van der Waals surface area contributed by atoms with Gasteiger partial charge < -0.3 is 14.5 Å². The van der Waals surface area contributed by atoms with Crippen LogP contribution in [0.3, 0.4) is 0 Å². The van der Waals surface area contributed by atoms with Crippen LogP contribution in [-0.4, -0.2) is 28.0 Å². The molecule has 12 heteroatoms. The maximum absolute atomic E-state index is 13.7. The number of nitrogens with zero attached hydrogens (tertiary/aromatic N) is 1. The Morgan fingerprint density at radius 2 is 1.79 bits per heavy atom. The molecule has 7 nitrogen and oxygen atoms in total. The summed E-state index contributed by atoms with van der Waals surface area (Å²) < 4.78 is 79.6. The summed E-state index contributed by atoms with van der Waals surface area (Å²) in [6.07, 6.45) is -3.47. The Morgan fingerprint density at radius 1 is 1.02 bits per heavy atom. The number of methoxy groups -OCH3 is 1. The van der Waals surface area contributed by atoms with Gasteiger partial charge in [0.2, 0.25) is 0 Å². The van der Waals surface area contributed by atoms with E-state index >= 15 is 0 Å². The molecule has 0 aliphatic heterocycles. The summed E-state index contributed by atoms with van der Waals surface area (Å²) in [4.78, 5) is 12.8. The van der Waals surface area contributed by atoms with Crippen LogP contribution in [-0.2, 0) is 16.2 Å². The van der Waals surface area contributed by atoms with Crippen molar-refractivity contribution in [1.29, 1.82) is 0 Å². The van der Waals surface area contributed by atoms with Crippen LogP contribution in [0.25, 0.3) is 21.9 Å². The standard InChI is InChI=1S/C30H22ClF3N2O5S/c1-3-13-36(20-8-6-7-19(15-20)30(32,33)34)42(38,39)28-14-18(11-12-23(28)31)29(37)35-24-17-26-22(16-27(24)40-2)21-9-4-5-10-25(21)41-26/h3-12,14-17H,1,13H2,2H3,(H,35,37). The Morgan fingerprint density at radius 3 is 2.50 bits per heavy atom. The first-order valence-electron chi connectivity index (χ1n) is 12.3. The first kappa shape index (κ1) is 29.0. The molecule has 5 aromatic rings. The third-order valence-corrected chi connectivity index (χ3v) is 8.74. The highest BCUT2D eigenvalue weighted by Gasteiger charge is 2.33. The number of furan rings is 1. The summed E-state index contributed by atoms with van der Waals surface area (Å²) in [5.74, 6) is -0.350. The quantitative estimate of drug-likeness (QED) is 0.180. The number of alkyl halides is 3. The number of carbonyl (C=O) groups is 1.